The molecule has 0 aliphatic carbocycles. The summed E-state index contributed by atoms with van der Waals surface area (Å²) in [6, 6.07) is 0. The molecule has 0 aromatic heterocycles. The van der Waals surface area contributed by atoms with Crippen LogP contribution in [0.4, 0.5) is 0 Å². The van der Waals surface area contributed by atoms with Crippen molar-refractivity contribution in [3.8, 4) is 0 Å². The molecule has 0 N–H and O–H groups in total. The fraction of sp³-hybridized carbons (Fsp3) is 1.00. The Morgan fingerprint density at radius 1 is 1.50 bits per heavy atom. The van der Waals surface area contributed by atoms with Gasteiger partial charge in [0.1, 0.15) is 0 Å². The highest BCUT2D eigenvalue weighted by Crippen LogP contribution is 2.32. The van der Waals surface area contributed by atoms with E-state index in [1.54, 1.807) is 0 Å². The van der Waals surface area contributed by atoms with Crippen molar-refractivity contribution >= 4 is 9.24 Å². The second-order valence-electron chi connectivity index (χ2n) is 4.19. The maximum Gasteiger partial charge on any atom is 0.0236 e. The maximum absolute atomic E-state index is 2.90. The fourth-order valence-corrected chi connectivity index (χ4v) is 1.90. The van der Waals surface area contributed by atoms with Gasteiger partial charge >= 0.3 is 0 Å². The average Bonchev–Trinajstić information content (AvgIpc) is 1.79. The number of hydrogen-bond donors (Lipinski definition) is 0. The van der Waals surface area contributed by atoms with E-state index in [-0.39, 0.29) is 0 Å². The van der Waals surface area contributed by atoms with Crippen LogP contribution in [0.1, 0.15) is 26.7 Å². The van der Waals surface area contributed by atoms with E-state index < -0.39 is 0 Å². The zero-order valence-corrected chi connectivity index (χ0v) is 8.38. The van der Waals surface area contributed by atoms with Crippen molar-refractivity contribution in [2.24, 2.45) is 5.41 Å². The lowest BCUT2D eigenvalue weighted by molar-refractivity contribution is 0.127. The molecule has 1 rings (SSSR count). The summed E-state index contributed by atoms with van der Waals surface area (Å²) in [5, 5.41) is 0. The van der Waals surface area contributed by atoms with Crippen molar-refractivity contribution in [3.63, 3.8) is 0 Å². The summed E-state index contributed by atoms with van der Waals surface area (Å²) in [5.41, 5.74) is 0.543. The van der Waals surface area contributed by atoms with E-state index in [0.29, 0.717) is 11.2 Å². The minimum Gasteiger partial charge on any atom is -0.300 e. The van der Waals surface area contributed by atoms with E-state index in [0.717, 1.165) is 0 Å². The predicted octanol–water partition coefficient (Wildman–Crippen LogP) is 1.94. The van der Waals surface area contributed by atoms with Gasteiger partial charge in [0.05, 0.1) is 0 Å². The summed E-state index contributed by atoms with van der Waals surface area (Å²) in [6.07, 6.45) is 2.69. The first-order chi connectivity index (χ1) is 4.51. The van der Waals surface area contributed by atoms with E-state index in [4.69, 9.17) is 0 Å². The number of hydrogen-bond acceptors (Lipinski definition) is 1. The van der Waals surface area contributed by atoms with E-state index in [2.05, 4.69) is 35.0 Å². The molecule has 1 aliphatic rings. The topological polar surface area (TPSA) is 3.24 Å². The molecule has 1 aliphatic heterocycles. The lowest BCUT2D eigenvalue weighted by Crippen LogP contribution is -2.41. The Balaban J connectivity index is 2.49. The molecule has 1 fully saturated rings. The quantitative estimate of drug-likeness (QED) is 0.488. The van der Waals surface area contributed by atoms with E-state index >= 15 is 0 Å². The van der Waals surface area contributed by atoms with Crippen LogP contribution in [0, 0.1) is 5.41 Å². The molecule has 10 heavy (non-hydrogen) atoms. The van der Waals surface area contributed by atoms with Crippen LogP contribution in [0.5, 0.6) is 0 Å². The third-order valence-corrected chi connectivity index (χ3v) is 3.20. The van der Waals surface area contributed by atoms with Crippen molar-refractivity contribution in [3.05, 3.63) is 0 Å². The zero-order chi connectivity index (χ0) is 7.78. The van der Waals surface area contributed by atoms with Crippen LogP contribution in [0.2, 0.25) is 0 Å². The number of rotatable bonds is 0. The van der Waals surface area contributed by atoms with Crippen LogP contribution in [-0.2, 0) is 0 Å². The first kappa shape index (κ1) is 8.49. The van der Waals surface area contributed by atoms with Gasteiger partial charge in [-0.25, -0.2) is 0 Å². The highest BCUT2D eigenvalue weighted by molar-refractivity contribution is 7.17. The first-order valence-electron chi connectivity index (χ1n) is 3.97. The van der Waals surface area contributed by atoms with Crippen molar-refractivity contribution in [2.45, 2.75) is 32.5 Å². The summed E-state index contributed by atoms with van der Waals surface area (Å²) >= 11 is 0. The molecule has 0 saturated carbocycles. The Morgan fingerprint density at radius 3 is 2.50 bits per heavy atom. The van der Waals surface area contributed by atoms with Gasteiger partial charge in [0.25, 0.3) is 0 Å². The van der Waals surface area contributed by atoms with Gasteiger partial charge in [-0.15, -0.1) is 9.24 Å². The van der Waals surface area contributed by atoms with Crippen LogP contribution in [0.15, 0.2) is 0 Å². The van der Waals surface area contributed by atoms with Crippen molar-refractivity contribution in [1.29, 1.82) is 0 Å². The Morgan fingerprint density at radius 2 is 2.10 bits per heavy atom. The normalized spacial score (nSPS) is 34.2. The van der Waals surface area contributed by atoms with Crippen LogP contribution in [-0.4, -0.2) is 24.3 Å². The van der Waals surface area contributed by atoms with Gasteiger partial charge in [-0.1, -0.05) is 13.8 Å². The minimum absolute atomic E-state index is 0.543. The molecule has 0 bridgehead atoms. The van der Waals surface area contributed by atoms with E-state index in [9.17, 15) is 0 Å². The zero-order valence-electron chi connectivity index (χ0n) is 7.22. The van der Waals surface area contributed by atoms with Crippen LogP contribution in [0.3, 0.4) is 0 Å². The molecular weight excluding hydrogens is 141 g/mol. The van der Waals surface area contributed by atoms with Gasteiger partial charge in [0, 0.05) is 12.3 Å². The number of likely N-dealkylation sites (tertiary alicyclic amines) is 1. The number of piperidine rings is 1. The highest BCUT2D eigenvalue weighted by atomic mass is 31.0. The summed E-state index contributed by atoms with van der Waals surface area (Å²) in [7, 11) is 5.11. The molecule has 0 radical (unpaired) electrons. The monoisotopic (exact) mass is 159 g/mol. The standard InChI is InChI=1S/C8H18NP/c1-8(2)5-4-7(10)9(3)6-8/h7H,4-6,10H2,1-3H3. The van der Waals surface area contributed by atoms with Gasteiger partial charge in [-0.05, 0) is 25.3 Å². The highest BCUT2D eigenvalue weighted by Gasteiger charge is 2.28. The number of nitrogens with zero attached hydrogens (tertiary/aromatic N) is 1. The lowest BCUT2D eigenvalue weighted by atomic mass is 9.84. The molecule has 1 heterocycles. The van der Waals surface area contributed by atoms with Gasteiger partial charge in [-0.3, -0.25) is 4.90 Å². The molecule has 2 unspecified atom stereocenters. The second kappa shape index (κ2) is 2.79. The molecular formula is C8H18NP. The minimum atomic E-state index is 0.543. The first-order valence-corrected chi connectivity index (χ1v) is 4.64. The van der Waals surface area contributed by atoms with Gasteiger partial charge in [-0.2, -0.15) is 0 Å². The largest absolute Gasteiger partial charge is 0.300 e. The van der Waals surface area contributed by atoms with Crippen LogP contribution >= 0.6 is 9.24 Å². The van der Waals surface area contributed by atoms with E-state index in [1.165, 1.54) is 19.4 Å². The van der Waals surface area contributed by atoms with Crippen molar-refractivity contribution in [2.75, 3.05) is 13.6 Å². The summed E-state index contributed by atoms with van der Waals surface area (Å²) in [4.78, 5) is 2.42. The molecule has 0 amide bonds. The molecule has 2 heteroatoms. The average molecular weight is 159 g/mol. The molecule has 60 valence electrons. The van der Waals surface area contributed by atoms with Crippen LogP contribution < -0.4 is 0 Å². The van der Waals surface area contributed by atoms with E-state index in [1.807, 2.05) is 0 Å². The lowest BCUT2D eigenvalue weighted by Gasteiger charge is -2.40. The van der Waals surface area contributed by atoms with Crippen LogP contribution in [0.25, 0.3) is 0 Å². The summed E-state index contributed by atoms with van der Waals surface area (Å²) in [5.74, 6) is 0.716. The smallest absolute Gasteiger partial charge is 0.0236 e. The van der Waals surface area contributed by atoms with Gasteiger partial charge < -0.3 is 0 Å². The van der Waals surface area contributed by atoms with Crippen molar-refractivity contribution in [1.82, 2.24) is 4.90 Å². The molecule has 1 saturated heterocycles. The summed E-state index contributed by atoms with van der Waals surface area (Å²) in [6.45, 7) is 5.93. The third-order valence-electron chi connectivity index (χ3n) is 2.36. The fourth-order valence-electron chi connectivity index (χ4n) is 1.63. The maximum atomic E-state index is 2.90. The molecule has 2 atom stereocenters. The molecule has 0 aromatic rings. The Bertz CT molecular complexity index is 122. The summed E-state index contributed by atoms with van der Waals surface area (Å²) < 4.78 is 0. The van der Waals surface area contributed by atoms with Gasteiger partial charge in [0.15, 0.2) is 0 Å². The molecule has 1 nitrogen and oxygen atoms in total. The van der Waals surface area contributed by atoms with Gasteiger partial charge in [0.2, 0.25) is 0 Å². The third kappa shape index (κ3) is 1.93. The Kier molecular flexibility index (Phi) is 2.37. The molecule has 0 spiro atoms. The second-order valence-corrected chi connectivity index (χ2v) is 4.95. The Hall–Kier alpha value is 0.390. The Labute approximate surface area is 66.4 Å². The molecule has 0 aromatic carbocycles. The van der Waals surface area contributed by atoms with Crippen molar-refractivity contribution < 1.29 is 0 Å². The SMILES string of the molecule is CN1CC(C)(C)CCC1P. The predicted molar refractivity (Wildman–Crippen MR) is 49.1 cm³/mol.